The van der Waals surface area contributed by atoms with Gasteiger partial charge in [0, 0.05) is 17.6 Å². The van der Waals surface area contributed by atoms with Gasteiger partial charge in [0.05, 0.1) is 10.7 Å². The Hall–Kier alpha value is -0.740. The fraction of sp³-hybridized carbons (Fsp3) is 0.389. The van der Waals surface area contributed by atoms with Gasteiger partial charge >= 0.3 is 29.6 Å². The summed E-state index contributed by atoms with van der Waals surface area (Å²) in [7, 11) is 0. The van der Waals surface area contributed by atoms with Crippen LogP contribution in [0.4, 0.5) is 5.69 Å². The topological polar surface area (TPSA) is 52.2 Å². The van der Waals surface area contributed by atoms with Gasteiger partial charge in [-0.1, -0.05) is 56.7 Å². The molecule has 3 nitrogen and oxygen atoms in total. The fourth-order valence-electron chi connectivity index (χ4n) is 2.36. The maximum absolute atomic E-state index is 10.8. The molecular formula is C18H23ClNNaO2. The van der Waals surface area contributed by atoms with Crippen LogP contribution in [0.3, 0.4) is 0 Å². The molecule has 1 unspecified atom stereocenters. The van der Waals surface area contributed by atoms with Crippen molar-refractivity contribution < 1.29 is 39.5 Å². The number of anilines is 1. The second kappa shape index (κ2) is 11.7. The van der Waals surface area contributed by atoms with E-state index in [9.17, 15) is 9.90 Å². The molecule has 0 fully saturated rings. The van der Waals surface area contributed by atoms with Crippen LogP contribution in [0.2, 0.25) is 5.02 Å². The summed E-state index contributed by atoms with van der Waals surface area (Å²) in [5.41, 5.74) is 2.85. The minimum atomic E-state index is -1.03. The van der Waals surface area contributed by atoms with E-state index in [2.05, 4.69) is 12.2 Å². The van der Waals surface area contributed by atoms with E-state index < -0.39 is 5.97 Å². The smallest absolute Gasteiger partial charge is 0.550 e. The Morgan fingerprint density at radius 1 is 1.39 bits per heavy atom. The molecule has 5 heteroatoms. The summed E-state index contributed by atoms with van der Waals surface area (Å²) in [6.07, 6.45) is 7.35. The number of carboxylic acid groups (broad SMARTS) is 1. The molecule has 0 amide bonds. The molecule has 0 spiro atoms. The Bertz CT molecular complexity index is 570. The number of para-hydroxylation sites is 1. The standard InChI is InChI=1S/C16H18ClNO2.C2H6.Na/c1-2-11-7-5-8-13(17)16(11)18-14-9-4-3-6-12(14)10-15(19)20;1-2;/h3-5,7-9,12,18H,2,6,10H2,1H3,(H,19,20);1-2H3;/q;;+1/p-1. The molecule has 0 bridgehead atoms. The van der Waals surface area contributed by atoms with Crippen molar-refractivity contribution >= 4 is 23.3 Å². The average molecular weight is 344 g/mol. The van der Waals surface area contributed by atoms with E-state index in [1.165, 1.54) is 0 Å². The van der Waals surface area contributed by atoms with Gasteiger partial charge in [-0.15, -0.1) is 0 Å². The second-order valence-electron chi connectivity index (χ2n) is 4.81. The summed E-state index contributed by atoms with van der Waals surface area (Å²) < 4.78 is 0. The molecule has 1 aromatic rings. The molecule has 0 aliphatic heterocycles. The van der Waals surface area contributed by atoms with Gasteiger partial charge in [0.1, 0.15) is 0 Å². The monoisotopic (exact) mass is 343 g/mol. The summed E-state index contributed by atoms with van der Waals surface area (Å²) in [6, 6.07) is 5.76. The van der Waals surface area contributed by atoms with Crippen molar-refractivity contribution in [2.24, 2.45) is 5.92 Å². The van der Waals surface area contributed by atoms with Crippen LogP contribution in [0.5, 0.6) is 0 Å². The number of carbonyl (C=O) groups excluding carboxylic acids is 1. The van der Waals surface area contributed by atoms with Gasteiger partial charge in [0.15, 0.2) is 0 Å². The van der Waals surface area contributed by atoms with Crippen LogP contribution < -0.4 is 40.0 Å². The summed E-state index contributed by atoms with van der Waals surface area (Å²) in [5.74, 6) is -1.13. The van der Waals surface area contributed by atoms with Crippen LogP contribution in [-0.2, 0) is 11.2 Å². The largest absolute Gasteiger partial charge is 1.00 e. The third kappa shape index (κ3) is 6.72. The van der Waals surface area contributed by atoms with Gasteiger partial charge in [0.25, 0.3) is 0 Å². The van der Waals surface area contributed by atoms with Crippen molar-refractivity contribution in [2.45, 2.75) is 40.0 Å². The minimum absolute atomic E-state index is 0. The first-order valence-corrected chi connectivity index (χ1v) is 8.10. The molecule has 23 heavy (non-hydrogen) atoms. The number of aryl methyl sites for hydroxylation is 1. The number of nitrogens with one attached hydrogen (secondary N) is 1. The summed E-state index contributed by atoms with van der Waals surface area (Å²) in [6.45, 7) is 6.06. The van der Waals surface area contributed by atoms with Crippen LogP contribution in [0.1, 0.15) is 39.2 Å². The fourth-order valence-corrected chi connectivity index (χ4v) is 2.60. The van der Waals surface area contributed by atoms with E-state index in [0.29, 0.717) is 11.4 Å². The zero-order valence-electron chi connectivity index (χ0n) is 14.4. The van der Waals surface area contributed by atoms with E-state index in [4.69, 9.17) is 11.6 Å². The van der Waals surface area contributed by atoms with Crippen LogP contribution >= 0.6 is 11.6 Å². The molecule has 1 atom stereocenters. The Morgan fingerprint density at radius 3 is 2.70 bits per heavy atom. The minimum Gasteiger partial charge on any atom is -0.550 e. The van der Waals surface area contributed by atoms with Gasteiger partial charge in [-0.25, -0.2) is 0 Å². The second-order valence-corrected chi connectivity index (χ2v) is 5.22. The van der Waals surface area contributed by atoms with Gasteiger partial charge in [-0.2, -0.15) is 0 Å². The molecule has 0 radical (unpaired) electrons. The third-order valence-corrected chi connectivity index (χ3v) is 3.75. The first kappa shape index (κ1) is 22.3. The molecule has 1 aliphatic carbocycles. The number of allylic oxidation sites excluding steroid dienone is 4. The van der Waals surface area contributed by atoms with Gasteiger partial charge in [0.2, 0.25) is 0 Å². The maximum atomic E-state index is 10.8. The molecule has 0 saturated carbocycles. The van der Waals surface area contributed by atoms with E-state index in [1.54, 1.807) is 0 Å². The number of hydrogen-bond acceptors (Lipinski definition) is 3. The number of carbonyl (C=O) groups is 1. The van der Waals surface area contributed by atoms with Gasteiger partial charge in [-0.05, 0) is 37.0 Å². The molecule has 0 saturated heterocycles. The Kier molecular flexibility index (Phi) is 11.4. The molecule has 120 valence electrons. The first-order valence-electron chi connectivity index (χ1n) is 7.72. The molecular weight excluding hydrogens is 321 g/mol. The van der Waals surface area contributed by atoms with Crippen LogP contribution in [0.15, 0.2) is 42.1 Å². The van der Waals surface area contributed by atoms with Crippen LogP contribution in [0, 0.1) is 5.92 Å². The first-order chi connectivity index (χ1) is 10.6. The van der Waals surface area contributed by atoms with E-state index in [-0.39, 0.29) is 41.9 Å². The quantitative estimate of drug-likeness (QED) is 0.810. The van der Waals surface area contributed by atoms with Crippen molar-refractivity contribution in [1.29, 1.82) is 0 Å². The van der Waals surface area contributed by atoms with Gasteiger partial charge < -0.3 is 15.2 Å². The summed E-state index contributed by atoms with van der Waals surface area (Å²) >= 11 is 6.24. The Labute approximate surface area is 166 Å². The molecule has 2 rings (SSSR count). The number of benzene rings is 1. The third-order valence-electron chi connectivity index (χ3n) is 3.44. The summed E-state index contributed by atoms with van der Waals surface area (Å²) in [4.78, 5) is 10.8. The number of hydrogen-bond donors (Lipinski definition) is 1. The van der Waals surface area contributed by atoms with Crippen molar-refractivity contribution in [1.82, 2.24) is 0 Å². The zero-order valence-corrected chi connectivity index (χ0v) is 17.1. The normalized spacial score (nSPS) is 15.7. The zero-order chi connectivity index (χ0) is 16.5. The number of carboxylic acids is 1. The van der Waals surface area contributed by atoms with E-state index >= 15 is 0 Å². The maximum Gasteiger partial charge on any atom is 1.00 e. The molecule has 1 aliphatic rings. The SMILES string of the molecule is CC.CCc1cccc(Cl)c1NC1=CC=CCC1CC(=O)[O-].[Na+]. The number of aliphatic carboxylic acids is 1. The van der Waals surface area contributed by atoms with Crippen LogP contribution in [0.25, 0.3) is 0 Å². The van der Waals surface area contributed by atoms with Crippen molar-refractivity contribution in [3.63, 3.8) is 0 Å². The average Bonchev–Trinajstić information content (AvgIpc) is 2.52. The predicted octanol–water partition coefficient (Wildman–Crippen LogP) is 0.944. The predicted molar refractivity (Wildman–Crippen MR) is 90.8 cm³/mol. The Morgan fingerprint density at radius 2 is 2.09 bits per heavy atom. The van der Waals surface area contributed by atoms with Gasteiger partial charge in [-0.3, -0.25) is 0 Å². The molecule has 0 aromatic heterocycles. The van der Waals surface area contributed by atoms with Crippen molar-refractivity contribution in [2.75, 3.05) is 5.32 Å². The van der Waals surface area contributed by atoms with E-state index in [1.807, 2.05) is 50.3 Å². The van der Waals surface area contributed by atoms with Crippen molar-refractivity contribution in [3.8, 4) is 0 Å². The van der Waals surface area contributed by atoms with Crippen LogP contribution in [-0.4, -0.2) is 5.97 Å². The molecule has 1 N–H and O–H groups in total. The Balaban J connectivity index is 0.00000155. The van der Waals surface area contributed by atoms with E-state index in [0.717, 1.165) is 23.4 Å². The molecule has 0 heterocycles. The number of rotatable bonds is 5. The molecule has 1 aromatic carbocycles. The summed E-state index contributed by atoms with van der Waals surface area (Å²) in [5, 5.41) is 14.8. The van der Waals surface area contributed by atoms with Crippen molar-refractivity contribution in [3.05, 3.63) is 52.7 Å². The number of halogens is 1.